The van der Waals surface area contributed by atoms with Crippen molar-refractivity contribution in [3.8, 4) is 0 Å². The Morgan fingerprint density at radius 3 is 2.82 bits per heavy atom. The fourth-order valence-corrected chi connectivity index (χ4v) is 3.38. The summed E-state index contributed by atoms with van der Waals surface area (Å²) in [6, 6.07) is 0.610. The normalized spacial score (nSPS) is 35.1. The van der Waals surface area contributed by atoms with Crippen LogP contribution in [0.15, 0.2) is 0 Å². The summed E-state index contributed by atoms with van der Waals surface area (Å²) in [6.07, 6.45) is 7.25. The van der Waals surface area contributed by atoms with Gasteiger partial charge in [0.15, 0.2) is 0 Å². The van der Waals surface area contributed by atoms with E-state index in [0.29, 0.717) is 11.9 Å². The molecule has 2 aliphatic rings. The van der Waals surface area contributed by atoms with Gasteiger partial charge in [-0.15, -0.1) is 0 Å². The lowest BCUT2D eigenvalue weighted by Crippen LogP contribution is -2.54. The first-order valence-electron chi connectivity index (χ1n) is 7.26. The fourth-order valence-electron chi connectivity index (χ4n) is 3.38. The third-order valence-corrected chi connectivity index (χ3v) is 4.27. The minimum atomic E-state index is 0.0889. The van der Waals surface area contributed by atoms with Crippen molar-refractivity contribution < 1.29 is 4.79 Å². The van der Waals surface area contributed by atoms with E-state index >= 15 is 0 Å². The number of amides is 1. The molecule has 1 amide bonds. The lowest BCUT2D eigenvalue weighted by Gasteiger charge is -2.41. The van der Waals surface area contributed by atoms with Gasteiger partial charge in [-0.05, 0) is 38.1 Å². The molecule has 3 nitrogen and oxygen atoms in total. The zero-order chi connectivity index (χ0) is 12.3. The maximum Gasteiger partial charge on any atom is 0.239 e. The molecule has 1 aliphatic carbocycles. The summed E-state index contributed by atoms with van der Waals surface area (Å²) in [5, 5.41) is 3.32. The molecule has 1 saturated heterocycles. The van der Waals surface area contributed by atoms with Crippen LogP contribution >= 0.6 is 0 Å². The quantitative estimate of drug-likeness (QED) is 0.817. The predicted molar refractivity (Wildman–Crippen MR) is 69.8 cm³/mol. The van der Waals surface area contributed by atoms with Crippen molar-refractivity contribution in [3.05, 3.63) is 0 Å². The van der Waals surface area contributed by atoms with Gasteiger partial charge in [0.2, 0.25) is 5.91 Å². The highest BCUT2D eigenvalue weighted by Gasteiger charge is 2.34. The van der Waals surface area contributed by atoms with E-state index in [2.05, 4.69) is 24.1 Å². The second-order valence-corrected chi connectivity index (χ2v) is 5.71. The van der Waals surface area contributed by atoms with E-state index in [1.807, 2.05) is 0 Å². The van der Waals surface area contributed by atoms with Gasteiger partial charge in [-0.2, -0.15) is 0 Å². The molecule has 3 heteroatoms. The number of hydrogen-bond donors (Lipinski definition) is 1. The second kappa shape index (κ2) is 5.85. The van der Waals surface area contributed by atoms with Crippen LogP contribution in [0.5, 0.6) is 0 Å². The minimum absolute atomic E-state index is 0.0889. The molecule has 2 fully saturated rings. The first kappa shape index (κ1) is 12.9. The largest absolute Gasteiger partial charge is 0.338 e. The van der Waals surface area contributed by atoms with Crippen LogP contribution in [0.3, 0.4) is 0 Å². The molecule has 0 radical (unpaired) electrons. The van der Waals surface area contributed by atoms with E-state index in [1.165, 1.54) is 25.7 Å². The van der Waals surface area contributed by atoms with Crippen LogP contribution in [0, 0.1) is 5.92 Å². The maximum atomic E-state index is 12.4. The topological polar surface area (TPSA) is 32.3 Å². The van der Waals surface area contributed by atoms with Crippen LogP contribution in [0.4, 0.5) is 0 Å². The first-order chi connectivity index (χ1) is 8.22. The number of rotatable bonds is 3. The van der Waals surface area contributed by atoms with Gasteiger partial charge in [-0.3, -0.25) is 4.79 Å². The van der Waals surface area contributed by atoms with Crippen molar-refractivity contribution in [2.24, 2.45) is 5.92 Å². The predicted octanol–water partition coefficient (Wildman–Crippen LogP) is 2.17. The van der Waals surface area contributed by atoms with Crippen LogP contribution in [0.1, 0.15) is 52.4 Å². The zero-order valence-corrected chi connectivity index (χ0v) is 11.2. The first-order valence-corrected chi connectivity index (χ1v) is 7.26. The lowest BCUT2D eigenvalue weighted by atomic mass is 9.85. The van der Waals surface area contributed by atoms with Gasteiger partial charge < -0.3 is 10.2 Å². The molecule has 1 saturated carbocycles. The van der Waals surface area contributed by atoms with Gasteiger partial charge in [0.05, 0.1) is 6.04 Å². The number of carbonyl (C=O) groups is 1. The highest BCUT2D eigenvalue weighted by atomic mass is 16.2. The van der Waals surface area contributed by atoms with Crippen LogP contribution < -0.4 is 5.32 Å². The molecule has 3 unspecified atom stereocenters. The van der Waals surface area contributed by atoms with Gasteiger partial charge in [0.25, 0.3) is 0 Å². The highest BCUT2D eigenvalue weighted by Crippen LogP contribution is 2.29. The van der Waals surface area contributed by atoms with E-state index in [-0.39, 0.29) is 6.04 Å². The molecule has 98 valence electrons. The molecule has 1 heterocycles. The number of nitrogens with one attached hydrogen (secondary N) is 1. The average Bonchev–Trinajstić information content (AvgIpc) is 2.32. The van der Waals surface area contributed by atoms with Crippen molar-refractivity contribution >= 4 is 5.91 Å². The Morgan fingerprint density at radius 1 is 1.29 bits per heavy atom. The van der Waals surface area contributed by atoms with Crippen molar-refractivity contribution in [2.45, 2.75) is 64.5 Å². The van der Waals surface area contributed by atoms with Gasteiger partial charge >= 0.3 is 0 Å². The molecule has 0 spiro atoms. The average molecular weight is 238 g/mol. The number of carbonyl (C=O) groups excluding carboxylic acids is 1. The summed E-state index contributed by atoms with van der Waals surface area (Å²) >= 11 is 0. The van der Waals surface area contributed by atoms with Crippen molar-refractivity contribution in [3.63, 3.8) is 0 Å². The van der Waals surface area contributed by atoms with Crippen LogP contribution in [0.25, 0.3) is 0 Å². The Hall–Kier alpha value is -0.570. The summed E-state index contributed by atoms with van der Waals surface area (Å²) in [7, 11) is 0. The Kier molecular flexibility index (Phi) is 4.43. The number of hydrogen-bond acceptors (Lipinski definition) is 2. The second-order valence-electron chi connectivity index (χ2n) is 5.71. The van der Waals surface area contributed by atoms with Gasteiger partial charge in [0, 0.05) is 12.6 Å². The number of nitrogens with zero attached hydrogens (tertiary/aromatic N) is 1. The Morgan fingerprint density at radius 2 is 2.12 bits per heavy atom. The van der Waals surface area contributed by atoms with E-state index in [0.717, 1.165) is 31.8 Å². The van der Waals surface area contributed by atoms with E-state index in [4.69, 9.17) is 0 Å². The van der Waals surface area contributed by atoms with Gasteiger partial charge in [0.1, 0.15) is 0 Å². The molecule has 0 aromatic carbocycles. The molecular formula is C14H26N2O. The van der Waals surface area contributed by atoms with Crippen molar-refractivity contribution in [1.82, 2.24) is 10.2 Å². The number of likely N-dealkylation sites (N-methyl/N-ethyl adjacent to an activating group) is 1. The molecule has 1 aliphatic heterocycles. The Bertz CT molecular complexity index is 265. The molecule has 0 aromatic heterocycles. The zero-order valence-electron chi connectivity index (χ0n) is 11.2. The third kappa shape index (κ3) is 3.01. The molecule has 17 heavy (non-hydrogen) atoms. The molecule has 3 atom stereocenters. The monoisotopic (exact) mass is 238 g/mol. The van der Waals surface area contributed by atoms with E-state index in [9.17, 15) is 4.79 Å². The SMILES string of the molecule is CCNC1CCCN(C2CCCC(C)C2)C1=O. The fraction of sp³-hybridized carbons (Fsp3) is 0.929. The molecule has 1 N–H and O–H groups in total. The number of piperidine rings is 1. The highest BCUT2D eigenvalue weighted by molar-refractivity contribution is 5.82. The summed E-state index contributed by atoms with van der Waals surface area (Å²) < 4.78 is 0. The van der Waals surface area contributed by atoms with Gasteiger partial charge in [-0.25, -0.2) is 0 Å². The summed E-state index contributed by atoms with van der Waals surface area (Å²) in [5.41, 5.74) is 0. The van der Waals surface area contributed by atoms with Crippen molar-refractivity contribution in [1.29, 1.82) is 0 Å². The smallest absolute Gasteiger partial charge is 0.239 e. The number of likely N-dealkylation sites (tertiary alicyclic amines) is 1. The molecule has 0 aromatic rings. The van der Waals surface area contributed by atoms with Crippen LogP contribution in [-0.2, 0) is 4.79 Å². The maximum absolute atomic E-state index is 12.4. The standard InChI is InChI=1S/C14H26N2O/c1-3-15-13-8-5-9-16(14(13)17)12-7-4-6-11(2)10-12/h11-13,15H,3-10H2,1-2H3. The Balaban J connectivity index is 1.96. The molecule has 2 rings (SSSR count). The summed E-state index contributed by atoms with van der Waals surface area (Å²) in [6.45, 7) is 6.28. The van der Waals surface area contributed by atoms with E-state index < -0.39 is 0 Å². The third-order valence-electron chi connectivity index (χ3n) is 4.27. The Labute approximate surface area is 105 Å². The van der Waals surface area contributed by atoms with Crippen molar-refractivity contribution in [2.75, 3.05) is 13.1 Å². The molecular weight excluding hydrogens is 212 g/mol. The van der Waals surface area contributed by atoms with Crippen LogP contribution in [-0.4, -0.2) is 36.0 Å². The van der Waals surface area contributed by atoms with E-state index in [1.54, 1.807) is 0 Å². The summed E-state index contributed by atoms with van der Waals surface area (Å²) in [4.78, 5) is 14.6. The minimum Gasteiger partial charge on any atom is -0.338 e. The van der Waals surface area contributed by atoms with Crippen LogP contribution in [0.2, 0.25) is 0 Å². The molecule has 0 bridgehead atoms. The lowest BCUT2D eigenvalue weighted by molar-refractivity contribution is -0.139. The summed E-state index contributed by atoms with van der Waals surface area (Å²) in [5.74, 6) is 1.15. The van der Waals surface area contributed by atoms with Gasteiger partial charge in [-0.1, -0.05) is 26.7 Å².